The molecule has 1 aromatic heterocycles. The number of urea groups is 1. The van der Waals surface area contributed by atoms with Crippen LogP contribution in [0.5, 0.6) is 0 Å². The normalized spacial score (nSPS) is 15.7. The summed E-state index contributed by atoms with van der Waals surface area (Å²) in [6, 6.07) is 17.8. The molecule has 4 rings (SSSR count). The highest BCUT2D eigenvalue weighted by molar-refractivity contribution is 6.39. The maximum absolute atomic E-state index is 13.2. The molecule has 0 bridgehead atoms. The Balaban J connectivity index is 1.78. The number of rotatable bonds is 3. The number of carbonyl (C=O) groups is 3. The maximum Gasteiger partial charge on any atom is 0.335 e. The van der Waals surface area contributed by atoms with Gasteiger partial charge in [-0.05, 0) is 61.4 Å². The highest BCUT2D eigenvalue weighted by Gasteiger charge is 2.37. The summed E-state index contributed by atoms with van der Waals surface area (Å²) in [6.45, 7) is 3.74. The van der Waals surface area contributed by atoms with E-state index in [2.05, 4.69) is 5.32 Å². The lowest BCUT2D eigenvalue weighted by Gasteiger charge is -2.28. The molecule has 3 aromatic rings. The van der Waals surface area contributed by atoms with Crippen molar-refractivity contribution in [2.24, 2.45) is 0 Å². The van der Waals surface area contributed by atoms with Gasteiger partial charge in [0.25, 0.3) is 11.8 Å². The molecular formula is C23H19N3O3. The molecule has 144 valence electrons. The summed E-state index contributed by atoms with van der Waals surface area (Å²) < 4.78 is 1.87. The van der Waals surface area contributed by atoms with Gasteiger partial charge in [0.05, 0.1) is 5.69 Å². The second kappa shape index (κ2) is 7.24. The summed E-state index contributed by atoms with van der Waals surface area (Å²) in [5.41, 5.74) is 3.67. The van der Waals surface area contributed by atoms with Crippen LogP contribution in [0.15, 0.2) is 72.4 Å². The van der Waals surface area contributed by atoms with Crippen molar-refractivity contribution in [3.05, 3.63) is 89.3 Å². The van der Waals surface area contributed by atoms with Gasteiger partial charge in [0.1, 0.15) is 5.57 Å². The molecule has 0 radical (unpaired) electrons. The maximum atomic E-state index is 13.2. The molecule has 0 unspecified atom stereocenters. The molecule has 1 aliphatic heterocycles. The fraction of sp³-hybridized carbons (Fsp3) is 0.0870. The van der Waals surface area contributed by atoms with Gasteiger partial charge in [-0.3, -0.25) is 14.9 Å². The molecule has 4 amide bonds. The Morgan fingerprint density at radius 3 is 2.38 bits per heavy atom. The number of aromatic nitrogens is 1. The number of nitrogens with one attached hydrogen (secondary N) is 1. The third kappa shape index (κ3) is 3.25. The van der Waals surface area contributed by atoms with Crippen molar-refractivity contribution >= 4 is 29.6 Å². The van der Waals surface area contributed by atoms with Crippen molar-refractivity contribution in [2.75, 3.05) is 4.90 Å². The number of amides is 4. The minimum absolute atomic E-state index is 0.0959. The number of hydrogen-bond donors (Lipinski definition) is 1. The highest BCUT2D eigenvalue weighted by atomic mass is 16.2. The van der Waals surface area contributed by atoms with Gasteiger partial charge in [0, 0.05) is 17.6 Å². The van der Waals surface area contributed by atoms with E-state index in [0.717, 1.165) is 21.7 Å². The number of barbiturate groups is 1. The summed E-state index contributed by atoms with van der Waals surface area (Å²) >= 11 is 0. The number of imide groups is 2. The second-order valence-corrected chi connectivity index (χ2v) is 6.82. The van der Waals surface area contributed by atoms with E-state index < -0.39 is 17.8 Å². The quantitative estimate of drug-likeness (QED) is 0.551. The van der Waals surface area contributed by atoms with E-state index in [1.165, 1.54) is 6.08 Å². The molecule has 1 fully saturated rings. The molecule has 1 saturated heterocycles. The van der Waals surface area contributed by atoms with Crippen LogP contribution in [-0.2, 0) is 9.59 Å². The van der Waals surface area contributed by atoms with Crippen molar-refractivity contribution < 1.29 is 14.4 Å². The summed E-state index contributed by atoms with van der Waals surface area (Å²) in [5, 5.41) is 2.28. The number of benzene rings is 2. The first kappa shape index (κ1) is 18.4. The lowest BCUT2D eigenvalue weighted by Crippen LogP contribution is -2.54. The fourth-order valence-corrected chi connectivity index (χ4v) is 3.34. The minimum Gasteiger partial charge on any atom is -0.317 e. The molecule has 0 aliphatic carbocycles. The van der Waals surface area contributed by atoms with Crippen LogP contribution in [0.2, 0.25) is 0 Å². The van der Waals surface area contributed by atoms with Crippen LogP contribution >= 0.6 is 0 Å². The highest BCUT2D eigenvalue weighted by Crippen LogP contribution is 2.27. The van der Waals surface area contributed by atoms with Crippen LogP contribution in [0.4, 0.5) is 10.5 Å². The van der Waals surface area contributed by atoms with Gasteiger partial charge in [0.2, 0.25) is 0 Å². The largest absolute Gasteiger partial charge is 0.335 e. The Hall–Kier alpha value is -3.93. The first-order valence-electron chi connectivity index (χ1n) is 9.18. The zero-order chi connectivity index (χ0) is 20.5. The van der Waals surface area contributed by atoms with Gasteiger partial charge in [-0.2, -0.15) is 0 Å². The number of hydrogen-bond acceptors (Lipinski definition) is 3. The summed E-state index contributed by atoms with van der Waals surface area (Å²) in [4.78, 5) is 39.1. The lowest BCUT2D eigenvalue weighted by molar-refractivity contribution is -0.122. The Kier molecular flexibility index (Phi) is 4.60. The zero-order valence-electron chi connectivity index (χ0n) is 16.0. The van der Waals surface area contributed by atoms with Gasteiger partial charge in [-0.1, -0.05) is 30.3 Å². The Morgan fingerprint density at radius 1 is 0.862 bits per heavy atom. The number of nitrogens with zero attached hydrogens (tertiary/aromatic N) is 2. The van der Waals surface area contributed by atoms with Crippen LogP contribution in [0.3, 0.4) is 0 Å². The van der Waals surface area contributed by atoms with Crippen LogP contribution in [-0.4, -0.2) is 22.4 Å². The number of carbonyl (C=O) groups excluding carboxylic acids is 3. The molecular weight excluding hydrogens is 366 g/mol. The van der Waals surface area contributed by atoms with Crippen molar-refractivity contribution in [3.8, 4) is 5.69 Å². The summed E-state index contributed by atoms with van der Waals surface area (Å²) in [6.07, 6.45) is 3.36. The van der Waals surface area contributed by atoms with Crippen LogP contribution in [0, 0.1) is 13.8 Å². The third-order valence-electron chi connectivity index (χ3n) is 5.03. The van der Waals surface area contributed by atoms with E-state index in [4.69, 9.17) is 0 Å². The van der Waals surface area contributed by atoms with Gasteiger partial charge in [-0.15, -0.1) is 0 Å². The van der Waals surface area contributed by atoms with Crippen molar-refractivity contribution in [3.63, 3.8) is 0 Å². The first-order valence-corrected chi connectivity index (χ1v) is 9.18. The fourth-order valence-electron chi connectivity index (χ4n) is 3.34. The van der Waals surface area contributed by atoms with Crippen molar-refractivity contribution in [2.45, 2.75) is 13.8 Å². The Labute approximate surface area is 168 Å². The van der Waals surface area contributed by atoms with Crippen LogP contribution in [0.1, 0.15) is 16.8 Å². The molecule has 1 N–H and O–H groups in total. The number of para-hydroxylation sites is 1. The number of aryl methyl sites for hydroxylation is 1. The van der Waals surface area contributed by atoms with E-state index in [0.29, 0.717) is 11.4 Å². The van der Waals surface area contributed by atoms with Crippen molar-refractivity contribution in [1.29, 1.82) is 0 Å². The Morgan fingerprint density at radius 2 is 1.62 bits per heavy atom. The van der Waals surface area contributed by atoms with E-state index in [1.807, 2.05) is 67.1 Å². The molecule has 6 heteroatoms. The standard InChI is InChI=1S/C23H19N3O3/c1-15-8-6-12-20(16(15)2)26-22(28)19(21(27)24-23(26)29)14-18-11-7-13-25(18)17-9-4-3-5-10-17/h3-14H,1-2H3,(H,24,27,29). The Bertz CT molecular complexity index is 1160. The van der Waals surface area contributed by atoms with E-state index in [-0.39, 0.29) is 5.57 Å². The molecule has 6 nitrogen and oxygen atoms in total. The predicted octanol–water partition coefficient (Wildman–Crippen LogP) is 3.76. The third-order valence-corrected chi connectivity index (χ3v) is 5.03. The second-order valence-electron chi connectivity index (χ2n) is 6.82. The molecule has 0 spiro atoms. The summed E-state index contributed by atoms with van der Waals surface area (Å²) in [7, 11) is 0. The van der Waals surface area contributed by atoms with Crippen molar-refractivity contribution in [1.82, 2.24) is 9.88 Å². The smallest absolute Gasteiger partial charge is 0.317 e. The van der Waals surface area contributed by atoms with Gasteiger partial charge in [0.15, 0.2) is 0 Å². The minimum atomic E-state index is -0.746. The lowest BCUT2D eigenvalue weighted by atomic mass is 10.0. The van der Waals surface area contributed by atoms with E-state index in [9.17, 15) is 14.4 Å². The molecule has 2 aromatic carbocycles. The predicted molar refractivity (Wildman–Crippen MR) is 111 cm³/mol. The molecule has 0 saturated carbocycles. The van der Waals surface area contributed by atoms with Crippen LogP contribution < -0.4 is 10.2 Å². The van der Waals surface area contributed by atoms with E-state index in [1.54, 1.807) is 18.2 Å². The monoisotopic (exact) mass is 385 g/mol. The molecule has 0 atom stereocenters. The van der Waals surface area contributed by atoms with Crippen LogP contribution in [0.25, 0.3) is 11.8 Å². The number of anilines is 1. The molecule has 2 heterocycles. The van der Waals surface area contributed by atoms with Gasteiger partial charge < -0.3 is 4.57 Å². The molecule has 29 heavy (non-hydrogen) atoms. The van der Waals surface area contributed by atoms with Gasteiger partial charge >= 0.3 is 6.03 Å². The van der Waals surface area contributed by atoms with Gasteiger partial charge in [-0.25, -0.2) is 9.69 Å². The first-order chi connectivity index (χ1) is 14.0. The SMILES string of the molecule is Cc1cccc(N2C(=O)NC(=O)C(=Cc3cccn3-c3ccccc3)C2=O)c1C. The molecule has 1 aliphatic rings. The van der Waals surface area contributed by atoms with E-state index >= 15 is 0 Å². The summed E-state index contributed by atoms with van der Waals surface area (Å²) in [5.74, 6) is -1.35. The topological polar surface area (TPSA) is 71.4 Å². The average molecular weight is 385 g/mol. The average Bonchev–Trinajstić information content (AvgIpc) is 3.17. The zero-order valence-corrected chi connectivity index (χ0v) is 16.0.